The van der Waals surface area contributed by atoms with Gasteiger partial charge in [0.25, 0.3) is 0 Å². The van der Waals surface area contributed by atoms with Crippen LogP contribution in [0.5, 0.6) is 0 Å². The summed E-state index contributed by atoms with van der Waals surface area (Å²) in [5.74, 6) is 0. The van der Waals surface area contributed by atoms with Crippen LogP contribution >= 0.6 is 23.2 Å². The average molecular weight is 301 g/mol. The molecule has 98 valence electrons. The van der Waals surface area contributed by atoms with Gasteiger partial charge in [-0.15, -0.1) is 0 Å². The highest BCUT2D eigenvalue weighted by Gasteiger charge is 2.11. The van der Waals surface area contributed by atoms with Gasteiger partial charge in [0.2, 0.25) is 0 Å². The molecule has 0 saturated heterocycles. The molecule has 1 heterocycles. The maximum absolute atomic E-state index is 8.88. The van der Waals surface area contributed by atoms with E-state index in [0.29, 0.717) is 15.6 Å². The van der Waals surface area contributed by atoms with E-state index >= 15 is 0 Å². The second-order valence-corrected chi connectivity index (χ2v) is 5.49. The zero-order valence-electron chi connectivity index (χ0n) is 10.7. The fourth-order valence-electron chi connectivity index (χ4n) is 2.31. The molecule has 3 rings (SSSR count). The topological polar surface area (TPSA) is 39.6 Å². The lowest BCUT2D eigenvalue weighted by molar-refractivity contribution is 1.30. The molecule has 0 aliphatic carbocycles. The van der Waals surface area contributed by atoms with Crippen LogP contribution in [0.3, 0.4) is 0 Å². The monoisotopic (exact) mass is 300 g/mol. The van der Waals surface area contributed by atoms with E-state index in [-0.39, 0.29) is 0 Å². The zero-order chi connectivity index (χ0) is 14.3. The van der Waals surface area contributed by atoms with Gasteiger partial charge in [-0.1, -0.05) is 29.3 Å². The highest BCUT2D eigenvalue weighted by atomic mass is 35.5. The van der Waals surface area contributed by atoms with E-state index in [1.54, 1.807) is 12.1 Å². The lowest BCUT2D eigenvalue weighted by Crippen LogP contribution is -1.84. The maximum atomic E-state index is 8.88. The molecule has 3 aromatic rings. The van der Waals surface area contributed by atoms with E-state index in [2.05, 4.69) is 17.1 Å². The molecule has 0 spiro atoms. The minimum absolute atomic E-state index is 0.526. The van der Waals surface area contributed by atoms with Crippen LogP contribution in [0.1, 0.15) is 11.3 Å². The Morgan fingerprint density at radius 3 is 2.45 bits per heavy atom. The first kappa shape index (κ1) is 13.1. The molecule has 0 saturated carbocycles. The third-order valence-corrected chi connectivity index (χ3v) is 3.86. The first-order valence-corrected chi connectivity index (χ1v) is 6.83. The van der Waals surface area contributed by atoms with Crippen LogP contribution in [0, 0.1) is 18.3 Å². The number of aryl methyl sites for hydroxylation is 1. The number of aromatic nitrogens is 1. The third kappa shape index (κ3) is 2.16. The highest BCUT2D eigenvalue weighted by Crippen LogP contribution is 2.36. The summed E-state index contributed by atoms with van der Waals surface area (Å²) in [6, 6.07) is 13.3. The van der Waals surface area contributed by atoms with Gasteiger partial charge < -0.3 is 4.98 Å². The Balaban J connectivity index is 2.23. The first-order chi connectivity index (χ1) is 9.58. The number of benzene rings is 2. The number of nitriles is 1. The predicted molar refractivity (Wildman–Crippen MR) is 83.2 cm³/mol. The Hall–Kier alpha value is -1.95. The smallest absolute Gasteiger partial charge is 0.0992 e. The number of hydrogen-bond acceptors (Lipinski definition) is 1. The van der Waals surface area contributed by atoms with Crippen LogP contribution in [0.2, 0.25) is 10.0 Å². The zero-order valence-corrected chi connectivity index (χ0v) is 12.2. The molecule has 0 unspecified atom stereocenters. The number of H-pyrrole nitrogens is 1. The van der Waals surface area contributed by atoms with Gasteiger partial charge >= 0.3 is 0 Å². The summed E-state index contributed by atoms with van der Waals surface area (Å²) in [5.41, 5.74) is 4.32. The van der Waals surface area contributed by atoms with Crippen molar-refractivity contribution in [3.63, 3.8) is 0 Å². The third-order valence-electron chi connectivity index (χ3n) is 3.23. The molecule has 0 aliphatic rings. The van der Waals surface area contributed by atoms with Gasteiger partial charge in [0.05, 0.1) is 16.7 Å². The molecule has 0 fully saturated rings. The predicted octanol–water partition coefficient (Wildman–Crippen LogP) is 5.32. The van der Waals surface area contributed by atoms with Crippen molar-refractivity contribution in [2.24, 2.45) is 0 Å². The lowest BCUT2D eigenvalue weighted by Gasteiger charge is -2.08. The molecule has 0 amide bonds. The second-order valence-electron chi connectivity index (χ2n) is 4.68. The average Bonchev–Trinajstić information content (AvgIpc) is 2.77. The molecule has 1 N–H and O–H groups in total. The quantitative estimate of drug-likeness (QED) is 0.649. The van der Waals surface area contributed by atoms with E-state index in [1.807, 2.05) is 25.1 Å². The molecular weight excluding hydrogens is 291 g/mol. The largest absolute Gasteiger partial charge is 0.359 e. The second kappa shape index (κ2) is 4.86. The molecular formula is C16H10Cl2N2. The van der Waals surface area contributed by atoms with Crippen LogP contribution in [0.4, 0.5) is 0 Å². The minimum atomic E-state index is 0.526. The number of nitrogens with zero attached hydrogens (tertiary/aromatic N) is 1. The van der Waals surface area contributed by atoms with Crippen LogP contribution < -0.4 is 0 Å². The molecule has 2 aromatic carbocycles. The summed E-state index contributed by atoms with van der Waals surface area (Å²) in [7, 11) is 0. The fourth-order valence-corrected chi connectivity index (χ4v) is 2.86. The molecule has 1 aromatic heterocycles. The lowest BCUT2D eigenvalue weighted by atomic mass is 10.0. The number of aromatic amines is 1. The molecule has 0 bridgehead atoms. The Labute approximate surface area is 126 Å². The van der Waals surface area contributed by atoms with Crippen molar-refractivity contribution in [1.82, 2.24) is 4.98 Å². The van der Waals surface area contributed by atoms with E-state index in [9.17, 15) is 0 Å². The Kier molecular flexibility index (Phi) is 3.17. The number of nitrogens with one attached hydrogen (secondary N) is 1. The van der Waals surface area contributed by atoms with Crippen LogP contribution in [0.25, 0.3) is 22.0 Å². The van der Waals surface area contributed by atoms with Gasteiger partial charge in [0.15, 0.2) is 0 Å². The summed E-state index contributed by atoms with van der Waals surface area (Å²) >= 11 is 12.6. The Morgan fingerprint density at radius 2 is 1.75 bits per heavy atom. The van der Waals surface area contributed by atoms with Crippen LogP contribution in [0.15, 0.2) is 36.4 Å². The highest BCUT2D eigenvalue weighted by molar-refractivity contribution is 6.37. The van der Waals surface area contributed by atoms with Crippen molar-refractivity contribution >= 4 is 34.1 Å². The molecule has 4 heteroatoms. The summed E-state index contributed by atoms with van der Waals surface area (Å²) in [5, 5.41) is 11.1. The number of fused-ring (bicyclic) bond motifs is 1. The van der Waals surface area contributed by atoms with E-state index in [1.165, 1.54) is 0 Å². The van der Waals surface area contributed by atoms with Crippen molar-refractivity contribution in [2.45, 2.75) is 6.92 Å². The van der Waals surface area contributed by atoms with Gasteiger partial charge in [-0.3, -0.25) is 0 Å². The summed E-state index contributed by atoms with van der Waals surface area (Å²) in [4.78, 5) is 3.25. The van der Waals surface area contributed by atoms with Gasteiger partial charge in [0.1, 0.15) is 0 Å². The van der Waals surface area contributed by atoms with Crippen molar-refractivity contribution in [1.29, 1.82) is 5.26 Å². The van der Waals surface area contributed by atoms with Crippen molar-refractivity contribution in [3.8, 4) is 17.2 Å². The van der Waals surface area contributed by atoms with Gasteiger partial charge in [0, 0.05) is 32.7 Å². The van der Waals surface area contributed by atoms with Crippen molar-refractivity contribution < 1.29 is 0 Å². The Morgan fingerprint density at radius 1 is 1.00 bits per heavy atom. The molecule has 0 radical (unpaired) electrons. The molecule has 2 nitrogen and oxygen atoms in total. The first-order valence-electron chi connectivity index (χ1n) is 6.07. The van der Waals surface area contributed by atoms with Gasteiger partial charge in [-0.2, -0.15) is 5.26 Å². The number of hydrogen-bond donors (Lipinski definition) is 1. The fraction of sp³-hybridized carbons (Fsp3) is 0.0625. The Bertz CT molecular complexity index is 857. The number of halogens is 2. The van der Waals surface area contributed by atoms with Gasteiger partial charge in [-0.25, -0.2) is 0 Å². The molecule has 20 heavy (non-hydrogen) atoms. The van der Waals surface area contributed by atoms with Gasteiger partial charge in [-0.05, 0) is 37.3 Å². The minimum Gasteiger partial charge on any atom is -0.359 e. The van der Waals surface area contributed by atoms with Crippen LogP contribution in [-0.4, -0.2) is 4.98 Å². The number of rotatable bonds is 1. The standard InChI is InChI=1S/C16H10Cl2N2/c1-9-4-11-6-13(15(18)7-16(11)20-9)12-3-2-10(8-19)5-14(12)17/h2-7,20H,1H3. The van der Waals surface area contributed by atoms with Crippen molar-refractivity contribution in [2.75, 3.05) is 0 Å². The molecule has 0 atom stereocenters. The molecule has 0 aliphatic heterocycles. The SMILES string of the molecule is Cc1cc2cc(-c3ccc(C#N)cc3Cl)c(Cl)cc2[nH]1. The normalized spacial score (nSPS) is 10.7. The summed E-state index contributed by atoms with van der Waals surface area (Å²) in [6.07, 6.45) is 0. The summed E-state index contributed by atoms with van der Waals surface area (Å²) in [6.45, 7) is 2.00. The summed E-state index contributed by atoms with van der Waals surface area (Å²) < 4.78 is 0. The van der Waals surface area contributed by atoms with Crippen molar-refractivity contribution in [3.05, 3.63) is 57.7 Å². The van der Waals surface area contributed by atoms with Crippen LogP contribution in [-0.2, 0) is 0 Å². The van der Waals surface area contributed by atoms with E-state index < -0.39 is 0 Å². The van der Waals surface area contributed by atoms with E-state index in [4.69, 9.17) is 28.5 Å². The van der Waals surface area contributed by atoms with E-state index in [0.717, 1.165) is 27.7 Å². The maximum Gasteiger partial charge on any atom is 0.0992 e.